The Hall–Kier alpha value is -2.50. The first kappa shape index (κ1) is 27.5. The molecule has 6 heteroatoms. The lowest BCUT2D eigenvalue weighted by atomic mass is 9.76. The van der Waals surface area contributed by atoms with Crippen molar-refractivity contribution < 1.29 is 27.4 Å². The quantitative estimate of drug-likeness (QED) is 0.247. The first-order valence-electron chi connectivity index (χ1n) is 13.9. The fourth-order valence-corrected chi connectivity index (χ4v) is 6.16. The van der Waals surface area contributed by atoms with Crippen LogP contribution in [-0.2, 0) is 4.74 Å². The van der Waals surface area contributed by atoms with E-state index < -0.39 is 23.4 Å². The van der Waals surface area contributed by atoms with E-state index in [0.717, 1.165) is 37.7 Å². The highest BCUT2D eigenvalue weighted by Gasteiger charge is 2.31. The summed E-state index contributed by atoms with van der Waals surface area (Å²) in [6.45, 7) is 2.21. The molecule has 2 aromatic rings. The van der Waals surface area contributed by atoms with Gasteiger partial charge in [0.1, 0.15) is 6.10 Å². The van der Waals surface area contributed by atoms with Crippen molar-refractivity contribution >= 4 is 5.97 Å². The number of rotatable bonds is 9. The van der Waals surface area contributed by atoms with Crippen molar-refractivity contribution in [2.24, 2.45) is 5.92 Å². The molecule has 0 aliphatic heterocycles. The largest absolute Gasteiger partial charge is 0.494 e. The molecule has 37 heavy (non-hydrogen) atoms. The molecule has 0 atom stereocenters. The fraction of sp³-hybridized carbons (Fsp3) is 0.581. The summed E-state index contributed by atoms with van der Waals surface area (Å²) in [6.07, 6.45) is 11.1. The number of ether oxygens (including phenoxy) is 2. The van der Waals surface area contributed by atoms with Crippen LogP contribution in [0.4, 0.5) is 13.2 Å². The summed E-state index contributed by atoms with van der Waals surface area (Å²) in [5.41, 5.74) is 1.08. The van der Waals surface area contributed by atoms with E-state index in [-0.39, 0.29) is 29.3 Å². The topological polar surface area (TPSA) is 35.5 Å². The smallest absolute Gasteiger partial charge is 0.338 e. The van der Waals surface area contributed by atoms with Crippen molar-refractivity contribution in [2.45, 2.75) is 102 Å². The molecule has 0 N–H and O–H groups in total. The van der Waals surface area contributed by atoms with Gasteiger partial charge < -0.3 is 9.47 Å². The Morgan fingerprint density at radius 2 is 1.43 bits per heavy atom. The molecule has 0 saturated heterocycles. The highest BCUT2D eigenvalue weighted by Crippen LogP contribution is 2.41. The van der Waals surface area contributed by atoms with E-state index in [4.69, 9.17) is 9.47 Å². The van der Waals surface area contributed by atoms with E-state index in [1.807, 2.05) is 0 Å². The van der Waals surface area contributed by atoms with E-state index in [1.165, 1.54) is 44.9 Å². The number of methoxy groups -OCH3 is 1. The van der Waals surface area contributed by atoms with Gasteiger partial charge in [0, 0.05) is 0 Å². The lowest BCUT2D eigenvalue weighted by Crippen LogP contribution is -2.24. The minimum absolute atomic E-state index is 0.0624. The zero-order valence-electron chi connectivity index (χ0n) is 22.0. The van der Waals surface area contributed by atoms with E-state index in [9.17, 15) is 9.18 Å². The van der Waals surface area contributed by atoms with Crippen LogP contribution in [0.2, 0.25) is 0 Å². The Balaban J connectivity index is 1.31. The molecule has 3 nitrogen and oxygen atoms in total. The van der Waals surface area contributed by atoms with Crippen molar-refractivity contribution in [3.8, 4) is 5.75 Å². The van der Waals surface area contributed by atoms with Crippen LogP contribution in [0, 0.1) is 23.4 Å². The van der Waals surface area contributed by atoms with Gasteiger partial charge in [-0.3, -0.25) is 0 Å². The minimum atomic E-state index is -0.711. The third-order valence-electron chi connectivity index (χ3n) is 8.42. The van der Waals surface area contributed by atoms with Crippen molar-refractivity contribution in [1.29, 1.82) is 0 Å². The van der Waals surface area contributed by atoms with Gasteiger partial charge in [-0.2, -0.15) is 0 Å². The third kappa shape index (κ3) is 6.69. The lowest BCUT2D eigenvalue weighted by Gasteiger charge is -2.31. The number of hydrogen-bond donors (Lipinski definition) is 0. The van der Waals surface area contributed by atoms with Gasteiger partial charge in [-0.1, -0.05) is 44.7 Å². The van der Waals surface area contributed by atoms with Crippen LogP contribution in [0.3, 0.4) is 0 Å². The first-order valence-corrected chi connectivity index (χ1v) is 13.9. The molecule has 2 aromatic carbocycles. The summed E-state index contributed by atoms with van der Waals surface area (Å²) >= 11 is 0. The van der Waals surface area contributed by atoms with Gasteiger partial charge in [0.15, 0.2) is 23.2 Å². The summed E-state index contributed by atoms with van der Waals surface area (Å²) in [5.74, 6) is -1.82. The molecule has 0 bridgehead atoms. The van der Waals surface area contributed by atoms with Crippen molar-refractivity contribution in [2.75, 3.05) is 7.11 Å². The summed E-state index contributed by atoms with van der Waals surface area (Å²) in [7, 11) is 1.36. The van der Waals surface area contributed by atoms with Crippen LogP contribution in [0.15, 0.2) is 30.3 Å². The zero-order valence-corrected chi connectivity index (χ0v) is 22.0. The number of hydrogen-bond acceptors (Lipinski definition) is 3. The summed E-state index contributed by atoms with van der Waals surface area (Å²) < 4.78 is 54.8. The number of halogens is 3. The van der Waals surface area contributed by atoms with Crippen LogP contribution >= 0.6 is 0 Å². The lowest BCUT2D eigenvalue weighted by molar-refractivity contribution is 0.0193. The molecule has 0 spiro atoms. The molecule has 0 unspecified atom stereocenters. The normalized spacial score (nSPS) is 24.0. The van der Waals surface area contributed by atoms with E-state index in [1.54, 1.807) is 12.1 Å². The second-order valence-electron chi connectivity index (χ2n) is 10.8. The molecule has 2 aliphatic rings. The van der Waals surface area contributed by atoms with Crippen LogP contribution in [0.1, 0.15) is 117 Å². The van der Waals surface area contributed by atoms with Crippen LogP contribution < -0.4 is 4.74 Å². The standard InChI is InChI=1S/C31H39F3O3/c1-3-4-5-6-20-7-9-21(10-8-20)25-16-17-26(30(34)29(25)33)22-11-14-24(15-12-22)37-31(35)23-13-18-28(36-2)27(32)19-23/h13,16-22,24H,3-12,14-15H2,1-2H3. The molecule has 0 amide bonds. The van der Waals surface area contributed by atoms with Gasteiger partial charge >= 0.3 is 5.97 Å². The first-order chi connectivity index (χ1) is 17.9. The van der Waals surface area contributed by atoms with Gasteiger partial charge in [-0.15, -0.1) is 0 Å². The SMILES string of the molecule is CCCCCC1CCC(c2ccc(C3CCC(OC(=O)c4ccc(OC)c(F)c4)CC3)c(F)c2F)CC1. The molecule has 0 heterocycles. The summed E-state index contributed by atoms with van der Waals surface area (Å²) in [4.78, 5) is 12.4. The molecular weight excluding hydrogens is 477 g/mol. The Labute approximate surface area is 218 Å². The zero-order chi connectivity index (χ0) is 26.4. The number of unbranched alkanes of at least 4 members (excludes halogenated alkanes) is 2. The molecule has 202 valence electrons. The van der Waals surface area contributed by atoms with Gasteiger partial charge in [-0.05, 0) is 98.4 Å². The number of esters is 1. The summed E-state index contributed by atoms with van der Waals surface area (Å²) in [5, 5.41) is 0. The van der Waals surface area contributed by atoms with Crippen molar-refractivity contribution in [3.05, 3.63) is 64.5 Å². The Morgan fingerprint density at radius 1 is 0.838 bits per heavy atom. The number of benzene rings is 2. The molecule has 0 radical (unpaired) electrons. The van der Waals surface area contributed by atoms with Crippen molar-refractivity contribution in [1.82, 2.24) is 0 Å². The molecule has 0 aromatic heterocycles. The average Bonchev–Trinajstić information content (AvgIpc) is 2.91. The maximum absolute atomic E-state index is 15.2. The maximum Gasteiger partial charge on any atom is 0.338 e. The highest BCUT2D eigenvalue weighted by molar-refractivity contribution is 5.89. The minimum Gasteiger partial charge on any atom is -0.494 e. The molecule has 2 saturated carbocycles. The molecular formula is C31H39F3O3. The van der Waals surface area contributed by atoms with E-state index in [0.29, 0.717) is 36.8 Å². The second-order valence-corrected chi connectivity index (χ2v) is 10.8. The van der Waals surface area contributed by atoms with Gasteiger partial charge in [0.2, 0.25) is 0 Å². The molecule has 2 aliphatic carbocycles. The highest BCUT2D eigenvalue weighted by atomic mass is 19.2. The third-order valence-corrected chi connectivity index (χ3v) is 8.42. The van der Waals surface area contributed by atoms with E-state index >= 15 is 8.78 Å². The van der Waals surface area contributed by atoms with Crippen molar-refractivity contribution in [3.63, 3.8) is 0 Å². The fourth-order valence-electron chi connectivity index (χ4n) is 6.16. The van der Waals surface area contributed by atoms with Crippen LogP contribution in [0.25, 0.3) is 0 Å². The molecule has 2 fully saturated rings. The predicted molar refractivity (Wildman–Crippen MR) is 139 cm³/mol. The van der Waals surface area contributed by atoms with Gasteiger partial charge in [-0.25, -0.2) is 18.0 Å². The number of carbonyl (C=O) groups is 1. The second kappa shape index (κ2) is 12.8. The summed E-state index contributed by atoms with van der Waals surface area (Å²) in [6, 6.07) is 7.54. The Morgan fingerprint density at radius 3 is 1.97 bits per heavy atom. The average molecular weight is 517 g/mol. The molecule has 4 rings (SSSR count). The number of carbonyl (C=O) groups excluding carboxylic acids is 1. The van der Waals surface area contributed by atoms with Gasteiger partial charge in [0.05, 0.1) is 12.7 Å². The predicted octanol–water partition coefficient (Wildman–Crippen LogP) is 8.85. The Bertz CT molecular complexity index is 1050. The monoisotopic (exact) mass is 516 g/mol. The maximum atomic E-state index is 15.2. The van der Waals surface area contributed by atoms with Crippen LogP contribution in [-0.4, -0.2) is 19.2 Å². The Kier molecular flexibility index (Phi) is 9.55. The van der Waals surface area contributed by atoms with E-state index in [2.05, 4.69) is 6.92 Å². The van der Waals surface area contributed by atoms with Gasteiger partial charge in [0.25, 0.3) is 0 Å². The van der Waals surface area contributed by atoms with Crippen LogP contribution in [0.5, 0.6) is 5.75 Å².